The maximum absolute atomic E-state index is 11.5. The molecular weight excluding hydrogens is 184 g/mol. The van der Waals surface area contributed by atoms with Crippen molar-refractivity contribution in [2.45, 2.75) is 18.6 Å². The molecule has 1 saturated heterocycles. The van der Waals surface area contributed by atoms with E-state index in [4.69, 9.17) is 15.2 Å². The number of likely N-dealkylation sites (tertiary alicyclic amines) is 1. The molecule has 5 heteroatoms. The molecule has 14 heavy (non-hydrogen) atoms. The Balaban J connectivity index is 2.39. The summed E-state index contributed by atoms with van der Waals surface area (Å²) in [4.78, 5) is 13.2. The number of amides is 1. The van der Waals surface area contributed by atoms with Gasteiger partial charge in [0.05, 0.1) is 18.8 Å². The first kappa shape index (κ1) is 11.4. The summed E-state index contributed by atoms with van der Waals surface area (Å²) < 4.78 is 10.1. The van der Waals surface area contributed by atoms with Gasteiger partial charge in [0.15, 0.2) is 0 Å². The third-order valence-electron chi connectivity index (χ3n) is 2.45. The summed E-state index contributed by atoms with van der Waals surface area (Å²) in [5, 5.41) is 0. The summed E-state index contributed by atoms with van der Waals surface area (Å²) in [6.45, 7) is 1.79. The molecule has 0 spiro atoms. The predicted molar refractivity (Wildman–Crippen MR) is 51.8 cm³/mol. The van der Waals surface area contributed by atoms with Crippen molar-refractivity contribution in [1.29, 1.82) is 0 Å². The minimum absolute atomic E-state index is 0.0168. The summed E-state index contributed by atoms with van der Waals surface area (Å²) in [6, 6.07) is -0.324. The van der Waals surface area contributed by atoms with Gasteiger partial charge in [0.1, 0.15) is 0 Å². The number of nitrogens with zero attached hydrogens (tertiary/aromatic N) is 1. The van der Waals surface area contributed by atoms with E-state index in [9.17, 15) is 4.79 Å². The third kappa shape index (κ3) is 2.67. The number of methoxy groups -OCH3 is 2. The fourth-order valence-electron chi connectivity index (χ4n) is 1.57. The molecule has 1 fully saturated rings. The highest BCUT2D eigenvalue weighted by Gasteiger charge is 2.29. The van der Waals surface area contributed by atoms with E-state index in [0.29, 0.717) is 13.2 Å². The molecule has 1 rings (SSSR count). The van der Waals surface area contributed by atoms with Gasteiger partial charge in [-0.1, -0.05) is 0 Å². The monoisotopic (exact) mass is 202 g/mol. The van der Waals surface area contributed by atoms with Crippen molar-refractivity contribution in [3.8, 4) is 0 Å². The lowest BCUT2D eigenvalue weighted by Crippen LogP contribution is -2.40. The number of carbonyl (C=O) groups excluding carboxylic acids is 1. The lowest BCUT2D eigenvalue weighted by molar-refractivity contribution is -0.130. The van der Waals surface area contributed by atoms with Crippen LogP contribution in [0.5, 0.6) is 0 Å². The van der Waals surface area contributed by atoms with Crippen LogP contribution in [0.3, 0.4) is 0 Å². The maximum atomic E-state index is 11.5. The molecule has 1 heterocycles. The number of hydrogen-bond donors (Lipinski definition) is 1. The summed E-state index contributed by atoms with van der Waals surface area (Å²) in [6.07, 6.45) is 0.677. The van der Waals surface area contributed by atoms with E-state index in [0.717, 1.165) is 13.0 Å². The van der Waals surface area contributed by atoms with Crippen molar-refractivity contribution < 1.29 is 14.3 Å². The fraction of sp³-hybridized carbons (Fsp3) is 0.889. The summed E-state index contributed by atoms with van der Waals surface area (Å²) in [5.41, 5.74) is 5.60. The van der Waals surface area contributed by atoms with Gasteiger partial charge in [-0.25, -0.2) is 0 Å². The Kier molecular flexibility index (Phi) is 4.31. The molecule has 1 amide bonds. The number of ether oxygens (including phenoxy) is 2. The van der Waals surface area contributed by atoms with Crippen LogP contribution in [0.2, 0.25) is 0 Å². The number of carbonyl (C=O) groups is 1. The van der Waals surface area contributed by atoms with Crippen LogP contribution in [0.4, 0.5) is 0 Å². The molecule has 5 nitrogen and oxygen atoms in total. The van der Waals surface area contributed by atoms with E-state index in [1.165, 1.54) is 0 Å². The number of hydrogen-bond acceptors (Lipinski definition) is 4. The van der Waals surface area contributed by atoms with E-state index in [2.05, 4.69) is 0 Å². The van der Waals surface area contributed by atoms with Crippen molar-refractivity contribution in [2.24, 2.45) is 5.73 Å². The largest absolute Gasteiger partial charge is 0.382 e. The van der Waals surface area contributed by atoms with Gasteiger partial charge in [0, 0.05) is 27.3 Å². The molecule has 82 valence electrons. The molecule has 0 aromatic carbocycles. The van der Waals surface area contributed by atoms with Crippen molar-refractivity contribution >= 4 is 5.91 Å². The minimum Gasteiger partial charge on any atom is -0.382 e. The summed E-state index contributed by atoms with van der Waals surface area (Å²) in [5.74, 6) is 0.0168. The molecule has 0 bridgehead atoms. The van der Waals surface area contributed by atoms with Crippen LogP contribution in [0, 0.1) is 0 Å². The fourth-order valence-corrected chi connectivity index (χ4v) is 1.57. The van der Waals surface area contributed by atoms with Crippen molar-refractivity contribution in [3.05, 3.63) is 0 Å². The quantitative estimate of drug-likeness (QED) is 0.634. The Labute approximate surface area is 84.1 Å². The van der Waals surface area contributed by atoms with Crippen LogP contribution in [-0.4, -0.2) is 56.9 Å². The smallest absolute Gasteiger partial charge is 0.239 e. The van der Waals surface area contributed by atoms with E-state index >= 15 is 0 Å². The first-order valence-corrected chi connectivity index (χ1v) is 4.75. The van der Waals surface area contributed by atoms with Crippen LogP contribution in [0.25, 0.3) is 0 Å². The van der Waals surface area contributed by atoms with E-state index in [-0.39, 0.29) is 18.1 Å². The highest BCUT2D eigenvalue weighted by atomic mass is 16.5. The van der Waals surface area contributed by atoms with Gasteiger partial charge in [-0.2, -0.15) is 0 Å². The predicted octanol–water partition coefficient (Wildman–Crippen LogP) is -0.793. The van der Waals surface area contributed by atoms with Crippen molar-refractivity contribution in [3.63, 3.8) is 0 Å². The standard InChI is InChI=1S/C9H18N2O3/c1-13-6-7(14-2)5-11-4-3-8(10)9(11)12/h7-8H,3-6,10H2,1-2H3. The molecular formula is C9H18N2O3. The topological polar surface area (TPSA) is 64.8 Å². The molecule has 2 unspecified atom stereocenters. The van der Waals surface area contributed by atoms with Gasteiger partial charge >= 0.3 is 0 Å². The van der Waals surface area contributed by atoms with Crippen molar-refractivity contribution in [1.82, 2.24) is 4.90 Å². The first-order chi connectivity index (χ1) is 6.69. The lowest BCUT2D eigenvalue weighted by atomic mass is 10.3. The summed E-state index contributed by atoms with van der Waals surface area (Å²) in [7, 11) is 3.23. The highest BCUT2D eigenvalue weighted by Crippen LogP contribution is 2.10. The molecule has 2 atom stereocenters. The van der Waals surface area contributed by atoms with Crippen LogP contribution in [-0.2, 0) is 14.3 Å². The molecule has 1 aliphatic heterocycles. The Hall–Kier alpha value is -0.650. The minimum atomic E-state index is -0.324. The Morgan fingerprint density at radius 2 is 2.36 bits per heavy atom. The number of rotatable bonds is 5. The summed E-state index contributed by atoms with van der Waals surface area (Å²) >= 11 is 0. The zero-order valence-corrected chi connectivity index (χ0v) is 8.73. The second-order valence-corrected chi connectivity index (χ2v) is 3.49. The average Bonchev–Trinajstić information content (AvgIpc) is 2.49. The van der Waals surface area contributed by atoms with Crippen molar-refractivity contribution in [2.75, 3.05) is 33.9 Å². The Bertz CT molecular complexity index is 198. The molecule has 0 aromatic heterocycles. The van der Waals surface area contributed by atoms with Crippen LogP contribution in [0.15, 0.2) is 0 Å². The second kappa shape index (κ2) is 5.29. The molecule has 0 aliphatic carbocycles. The Morgan fingerprint density at radius 3 is 2.79 bits per heavy atom. The second-order valence-electron chi connectivity index (χ2n) is 3.49. The molecule has 1 aliphatic rings. The van der Waals surface area contributed by atoms with Gasteiger partial charge in [-0.3, -0.25) is 4.79 Å². The molecule has 0 aromatic rings. The zero-order valence-electron chi connectivity index (χ0n) is 8.73. The van der Waals surface area contributed by atoms with E-state index < -0.39 is 0 Å². The van der Waals surface area contributed by atoms with Gasteiger partial charge in [-0.15, -0.1) is 0 Å². The zero-order chi connectivity index (χ0) is 10.6. The average molecular weight is 202 g/mol. The first-order valence-electron chi connectivity index (χ1n) is 4.75. The van der Waals surface area contributed by atoms with Gasteiger partial charge < -0.3 is 20.1 Å². The SMILES string of the molecule is COCC(CN1CCC(N)C1=O)OC. The van der Waals surface area contributed by atoms with Gasteiger partial charge in [0.25, 0.3) is 0 Å². The van der Waals surface area contributed by atoms with Gasteiger partial charge in [-0.05, 0) is 6.42 Å². The highest BCUT2D eigenvalue weighted by molar-refractivity contribution is 5.83. The van der Waals surface area contributed by atoms with E-state index in [1.54, 1.807) is 19.1 Å². The maximum Gasteiger partial charge on any atom is 0.239 e. The molecule has 0 saturated carbocycles. The van der Waals surface area contributed by atoms with Gasteiger partial charge in [0.2, 0.25) is 5.91 Å². The molecule has 0 radical (unpaired) electrons. The number of nitrogens with two attached hydrogens (primary N) is 1. The normalized spacial score (nSPS) is 24.4. The van der Waals surface area contributed by atoms with Crippen LogP contribution >= 0.6 is 0 Å². The third-order valence-corrected chi connectivity index (χ3v) is 2.45. The lowest BCUT2D eigenvalue weighted by Gasteiger charge is -2.22. The molecule has 2 N–H and O–H groups in total. The Morgan fingerprint density at radius 1 is 1.64 bits per heavy atom. The van der Waals surface area contributed by atoms with Crippen LogP contribution in [0.1, 0.15) is 6.42 Å². The van der Waals surface area contributed by atoms with Crippen LogP contribution < -0.4 is 5.73 Å². The van der Waals surface area contributed by atoms with E-state index in [1.807, 2.05) is 0 Å².